The van der Waals surface area contributed by atoms with Gasteiger partial charge in [0.2, 0.25) is 0 Å². The van der Waals surface area contributed by atoms with E-state index in [-0.39, 0.29) is 10.6 Å². The van der Waals surface area contributed by atoms with E-state index in [1.807, 2.05) is 24.3 Å². The molecule has 118 valence electrons. The van der Waals surface area contributed by atoms with E-state index in [9.17, 15) is 14.9 Å². The Morgan fingerprint density at radius 3 is 1.65 bits per heavy atom. The molecule has 6 nitrogen and oxygen atoms in total. The first-order valence-corrected chi connectivity index (χ1v) is 7.47. The third-order valence-corrected chi connectivity index (χ3v) is 4.10. The first-order chi connectivity index (χ1) is 11.2. The Kier molecular flexibility index (Phi) is 4.23. The van der Waals surface area contributed by atoms with E-state index in [1.54, 1.807) is 24.3 Å². The van der Waals surface area contributed by atoms with Gasteiger partial charge in [-0.25, -0.2) is 0 Å². The van der Waals surface area contributed by atoms with Crippen LogP contribution in [0.15, 0.2) is 48.5 Å². The molecule has 1 saturated heterocycles. The van der Waals surface area contributed by atoms with Crippen LogP contribution >= 0.6 is 0 Å². The number of rotatable bonds is 4. The van der Waals surface area contributed by atoms with Gasteiger partial charge in [-0.1, -0.05) is 0 Å². The van der Waals surface area contributed by atoms with Crippen LogP contribution in [0.1, 0.15) is 10.4 Å². The van der Waals surface area contributed by atoms with Gasteiger partial charge < -0.3 is 9.80 Å². The molecule has 0 unspecified atom stereocenters. The molecule has 6 heteroatoms. The van der Waals surface area contributed by atoms with Crippen LogP contribution in [0.25, 0.3) is 0 Å². The summed E-state index contributed by atoms with van der Waals surface area (Å²) >= 11 is 0. The fraction of sp³-hybridized carbons (Fsp3) is 0.235. The van der Waals surface area contributed by atoms with Gasteiger partial charge in [-0.15, -0.1) is 0 Å². The summed E-state index contributed by atoms with van der Waals surface area (Å²) in [6.45, 7) is 3.45. The molecule has 0 N–H and O–H groups in total. The highest BCUT2D eigenvalue weighted by Crippen LogP contribution is 2.23. The van der Waals surface area contributed by atoms with Gasteiger partial charge in [0.1, 0.15) is 6.29 Å². The minimum absolute atomic E-state index is 0.114. The predicted octanol–water partition coefficient (Wildman–Crippen LogP) is 2.73. The lowest BCUT2D eigenvalue weighted by molar-refractivity contribution is -0.384. The van der Waals surface area contributed by atoms with E-state index >= 15 is 0 Å². The van der Waals surface area contributed by atoms with Crippen molar-refractivity contribution in [2.75, 3.05) is 36.0 Å². The molecular formula is C17H17N3O3. The van der Waals surface area contributed by atoms with Crippen molar-refractivity contribution >= 4 is 23.3 Å². The van der Waals surface area contributed by atoms with Gasteiger partial charge in [0.15, 0.2) is 0 Å². The second-order valence-electron chi connectivity index (χ2n) is 5.46. The van der Waals surface area contributed by atoms with E-state index in [4.69, 9.17) is 0 Å². The second-order valence-corrected chi connectivity index (χ2v) is 5.46. The summed E-state index contributed by atoms with van der Waals surface area (Å²) in [5.74, 6) is 0. The standard InChI is InChI=1S/C17H17N3O3/c21-13-14-1-3-15(4-2-14)18-9-11-19(12-10-18)16-5-7-17(8-6-16)20(22)23/h1-8,13H,9-12H2. The molecule has 23 heavy (non-hydrogen) atoms. The summed E-state index contributed by atoms with van der Waals surface area (Å²) in [4.78, 5) is 25.5. The number of nitro benzene ring substituents is 1. The summed E-state index contributed by atoms with van der Waals surface area (Å²) in [6.07, 6.45) is 0.844. The van der Waals surface area contributed by atoms with Crippen molar-refractivity contribution in [2.45, 2.75) is 0 Å². The van der Waals surface area contributed by atoms with Crippen molar-refractivity contribution in [2.24, 2.45) is 0 Å². The Labute approximate surface area is 134 Å². The second kappa shape index (κ2) is 6.48. The van der Waals surface area contributed by atoms with Crippen LogP contribution in [-0.4, -0.2) is 37.4 Å². The van der Waals surface area contributed by atoms with E-state index < -0.39 is 0 Å². The fourth-order valence-corrected chi connectivity index (χ4v) is 2.77. The molecule has 0 bridgehead atoms. The van der Waals surface area contributed by atoms with Gasteiger partial charge in [0.25, 0.3) is 5.69 Å². The maximum Gasteiger partial charge on any atom is 0.269 e. The number of aldehydes is 1. The lowest BCUT2D eigenvalue weighted by Gasteiger charge is -2.37. The molecule has 1 fully saturated rings. The zero-order valence-corrected chi connectivity index (χ0v) is 12.6. The van der Waals surface area contributed by atoms with Gasteiger partial charge in [-0.2, -0.15) is 0 Å². The first kappa shape index (κ1) is 15.0. The molecule has 0 aromatic heterocycles. The van der Waals surface area contributed by atoms with Crippen molar-refractivity contribution in [3.63, 3.8) is 0 Å². The van der Waals surface area contributed by atoms with Crippen molar-refractivity contribution < 1.29 is 9.72 Å². The number of nitrogens with zero attached hydrogens (tertiary/aromatic N) is 3. The summed E-state index contributed by atoms with van der Waals surface area (Å²) in [5, 5.41) is 10.7. The number of hydrogen-bond donors (Lipinski definition) is 0. The number of hydrogen-bond acceptors (Lipinski definition) is 5. The minimum atomic E-state index is -0.384. The van der Waals surface area contributed by atoms with Crippen LogP contribution in [0.2, 0.25) is 0 Å². The number of benzene rings is 2. The van der Waals surface area contributed by atoms with E-state index in [2.05, 4.69) is 9.80 Å². The van der Waals surface area contributed by atoms with Gasteiger partial charge in [0, 0.05) is 55.2 Å². The molecule has 2 aromatic rings. The summed E-state index contributed by atoms with van der Waals surface area (Å²) < 4.78 is 0. The van der Waals surface area contributed by atoms with Crippen LogP contribution in [0.5, 0.6) is 0 Å². The Bertz CT molecular complexity index is 690. The Balaban J connectivity index is 1.63. The topological polar surface area (TPSA) is 66.7 Å². The summed E-state index contributed by atoms with van der Waals surface area (Å²) in [7, 11) is 0. The quantitative estimate of drug-likeness (QED) is 0.493. The molecule has 1 aliphatic heterocycles. The van der Waals surface area contributed by atoms with Crippen molar-refractivity contribution in [3.05, 3.63) is 64.2 Å². The van der Waals surface area contributed by atoms with Crippen LogP contribution < -0.4 is 9.80 Å². The highest BCUT2D eigenvalue weighted by Gasteiger charge is 2.18. The lowest BCUT2D eigenvalue weighted by Crippen LogP contribution is -2.46. The van der Waals surface area contributed by atoms with Crippen molar-refractivity contribution in [1.82, 2.24) is 0 Å². The van der Waals surface area contributed by atoms with Crippen LogP contribution in [0.4, 0.5) is 17.1 Å². The van der Waals surface area contributed by atoms with Crippen molar-refractivity contribution in [1.29, 1.82) is 0 Å². The molecule has 0 saturated carbocycles. The molecule has 1 aliphatic rings. The molecule has 0 aliphatic carbocycles. The van der Waals surface area contributed by atoms with E-state index in [0.717, 1.165) is 43.8 Å². The molecule has 0 atom stereocenters. The largest absolute Gasteiger partial charge is 0.368 e. The number of carbonyl (C=O) groups excluding carboxylic acids is 1. The monoisotopic (exact) mass is 311 g/mol. The van der Waals surface area contributed by atoms with Crippen LogP contribution in [-0.2, 0) is 0 Å². The third-order valence-electron chi connectivity index (χ3n) is 4.10. The van der Waals surface area contributed by atoms with Gasteiger partial charge >= 0.3 is 0 Å². The molecule has 1 heterocycles. The Morgan fingerprint density at radius 1 is 0.826 bits per heavy atom. The first-order valence-electron chi connectivity index (χ1n) is 7.47. The molecular weight excluding hydrogens is 294 g/mol. The summed E-state index contributed by atoms with van der Waals surface area (Å²) in [6, 6.07) is 14.3. The lowest BCUT2D eigenvalue weighted by atomic mass is 10.2. The van der Waals surface area contributed by atoms with E-state index in [1.165, 1.54) is 0 Å². The highest BCUT2D eigenvalue weighted by molar-refractivity contribution is 5.75. The molecule has 0 spiro atoms. The third kappa shape index (κ3) is 3.31. The van der Waals surface area contributed by atoms with Crippen molar-refractivity contribution in [3.8, 4) is 0 Å². The maximum atomic E-state index is 10.7. The van der Waals surface area contributed by atoms with E-state index in [0.29, 0.717) is 5.56 Å². The Hall–Kier alpha value is -2.89. The zero-order valence-electron chi connectivity index (χ0n) is 12.6. The van der Waals surface area contributed by atoms with Crippen LogP contribution in [0, 0.1) is 10.1 Å². The van der Waals surface area contributed by atoms with Crippen LogP contribution in [0.3, 0.4) is 0 Å². The fourth-order valence-electron chi connectivity index (χ4n) is 2.77. The number of anilines is 2. The number of nitro groups is 1. The Morgan fingerprint density at radius 2 is 1.26 bits per heavy atom. The number of non-ortho nitro benzene ring substituents is 1. The van der Waals surface area contributed by atoms with Gasteiger partial charge in [0.05, 0.1) is 4.92 Å². The molecule has 3 rings (SSSR count). The maximum absolute atomic E-state index is 10.7. The highest BCUT2D eigenvalue weighted by atomic mass is 16.6. The number of piperazine rings is 1. The number of carbonyl (C=O) groups is 1. The van der Waals surface area contributed by atoms with Gasteiger partial charge in [-0.3, -0.25) is 14.9 Å². The SMILES string of the molecule is O=Cc1ccc(N2CCN(c3ccc([N+](=O)[O-])cc3)CC2)cc1. The minimum Gasteiger partial charge on any atom is -0.368 e. The normalized spacial score (nSPS) is 14.6. The predicted molar refractivity (Wildman–Crippen MR) is 89.4 cm³/mol. The average Bonchev–Trinajstić information content (AvgIpc) is 2.62. The molecule has 0 amide bonds. The average molecular weight is 311 g/mol. The molecule has 2 aromatic carbocycles. The zero-order chi connectivity index (χ0) is 16.2. The summed E-state index contributed by atoms with van der Waals surface area (Å²) in [5.41, 5.74) is 2.91. The molecule has 0 radical (unpaired) electrons. The van der Waals surface area contributed by atoms with Gasteiger partial charge in [-0.05, 0) is 36.4 Å². The smallest absolute Gasteiger partial charge is 0.269 e.